The molecule has 1 N–H and O–H groups in total. The third-order valence-electron chi connectivity index (χ3n) is 4.35. The first-order valence-corrected chi connectivity index (χ1v) is 9.56. The topological polar surface area (TPSA) is 67.8 Å². The fourth-order valence-electron chi connectivity index (χ4n) is 2.90. The van der Waals surface area contributed by atoms with E-state index in [-0.39, 0.29) is 5.91 Å². The van der Waals surface area contributed by atoms with Crippen molar-refractivity contribution in [3.05, 3.63) is 71.5 Å². The zero-order chi connectivity index (χ0) is 18.8. The molecule has 0 unspecified atom stereocenters. The molecule has 0 aliphatic heterocycles. The number of thiazole rings is 1. The summed E-state index contributed by atoms with van der Waals surface area (Å²) in [6.07, 6.45) is 5.14. The van der Waals surface area contributed by atoms with Crippen molar-refractivity contribution in [3.63, 3.8) is 0 Å². The van der Waals surface area contributed by atoms with E-state index in [0.717, 1.165) is 22.2 Å². The number of nitrogens with one attached hydrogen (secondary N) is 1. The van der Waals surface area contributed by atoms with Crippen molar-refractivity contribution in [1.82, 2.24) is 15.0 Å². The van der Waals surface area contributed by atoms with Gasteiger partial charge in [0, 0.05) is 34.9 Å². The first-order valence-electron chi connectivity index (χ1n) is 8.68. The van der Waals surface area contributed by atoms with Gasteiger partial charge in [0.05, 0.1) is 16.8 Å². The summed E-state index contributed by atoms with van der Waals surface area (Å²) in [4.78, 5) is 26.1. The molecule has 27 heavy (non-hydrogen) atoms. The Kier molecular flexibility index (Phi) is 4.64. The number of hydrogen-bond donors (Lipinski definition) is 1. The minimum absolute atomic E-state index is 0.191. The van der Waals surface area contributed by atoms with Crippen molar-refractivity contribution < 1.29 is 4.79 Å². The average Bonchev–Trinajstić information content (AvgIpc) is 3.20. The molecule has 0 saturated carbocycles. The first kappa shape index (κ1) is 17.3. The van der Waals surface area contributed by atoms with Crippen LogP contribution in [0.5, 0.6) is 0 Å². The molecule has 3 aromatic heterocycles. The molecular formula is C21H18N4OS. The maximum absolute atomic E-state index is 13.0. The molecule has 0 aliphatic rings. The van der Waals surface area contributed by atoms with Crippen LogP contribution in [0.4, 0.5) is 5.13 Å². The smallest absolute Gasteiger partial charge is 0.258 e. The third kappa shape index (κ3) is 3.57. The minimum Gasteiger partial charge on any atom is -0.298 e. The summed E-state index contributed by atoms with van der Waals surface area (Å²) in [6, 6.07) is 11.7. The van der Waals surface area contributed by atoms with Crippen LogP contribution in [0.15, 0.2) is 60.4 Å². The van der Waals surface area contributed by atoms with Crippen LogP contribution in [-0.4, -0.2) is 20.9 Å². The van der Waals surface area contributed by atoms with Crippen molar-refractivity contribution in [3.8, 4) is 11.3 Å². The van der Waals surface area contributed by atoms with E-state index in [1.165, 1.54) is 16.9 Å². The summed E-state index contributed by atoms with van der Waals surface area (Å²) >= 11 is 1.39. The number of aromatic nitrogens is 3. The molecule has 1 aromatic carbocycles. The van der Waals surface area contributed by atoms with Crippen molar-refractivity contribution in [1.29, 1.82) is 0 Å². The van der Waals surface area contributed by atoms with Crippen LogP contribution < -0.4 is 5.32 Å². The van der Waals surface area contributed by atoms with Gasteiger partial charge in [-0.2, -0.15) is 0 Å². The van der Waals surface area contributed by atoms with Crippen molar-refractivity contribution in [2.75, 3.05) is 5.32 Å². The molecule has 3 heterocycles. The van der Waals surface area contributed by atoms with Gasteiger partial charge in [0.25, 0.3) is 5.91 Å². The molecule has 0 spiro atoms. The Balaban J connectivity index is 1.88. The Labute approximate surface area is 161 Å². The van der Waals surface area contributed by atoms with Gasteiger partial charge < -0.3 is 0 Å². The van der Waals surface area contributed by atoms with E-state index in [9.17, 15) is 4.79 Å². The number of rotatable bonds is 4. The number of hydrogen-bond acceptors (Lipinski definition) is 5. The minimum atomic E-state index is -0.191. The van der Waals surface area contributed by atoms with Crippen LogP contribution in [0.2, 0.25) is 0 Å². The molecule has 6 heteroatoms. The Hall–Kier alpha value is -3.12. The summed E-state index contributed by atoms with van der Waals surface area (Å²) < 4.78 is 0. The second kappa shape index (κ2) is 7.25. The highest BCUT2D eigenvalue weighted by atomic mass is 32.1. The standard InChI is InChI=1S/C21H18N4OS/c1-13(2)14-5-6-18-16(10-14)17(20(26)25-21-23-8-9-27-21)11-19(24-18)15-4-3-7-22-12-15/h3-13H,1-2H3,(H,23,25,26). The number of amides is 1. The van der Waals surface area contributed by atoms with Gasteiger partial charge in [-0.05, 0) is 41.8 Å². The van der Waals surface area contributed by atoms with Crippen LogP contribution >= 0.6 is 11.3 Å². The highest BCUT2D eigenvalue weighted by Crippen LogP contribution is 2.28. The van der Waals surface area contributed by atoms with Gasteiger partial charge in [0.15, 0.2) is 5.13 Å². The lowest BCUT2D eigenvalue weighted by molar-refractivity contribution is 0.102. The maximum atomic E-state index is 13.0. The first-order chi connectivity index (χ1) is 13.1. The number of benzene rings is 1. The Morgan fingerprint density at radius 3 is 2.74 bits per heavy atom. The predicted octanol–water partition coefficient (Wildman–Crippen LogP) is 5.13. The number of carbonyl (C=O) groups is 1. The molecule has 1 amide bonds. The van der Waals surface area contributed by atoms with E-state index in [1.54, 1.807) is 18.6 Å². The zero-order valence-corrected chi connectivity index (χ0v) is 15.8. The molecule has 0 aliphatic carbocycles. The Morgan fingerprint density at radius 1 is 1.15 bits per heavy atom. The van der Waals surface area contributed by atoms with E-state index in [2.05, 4.69) is 41.3 Å². The lowest BCUT2D eigenvalue weighted by Gasteiger charge is -2.12. The highest BCUT2D eigenvalue weighted by Gasteiger charge is 2.16. The average molecular weight is 374 g/mol. The largest absolute Gasteiger partial charge is 0.298 e. The van der Waals surface area contributed by atoms with Gasteiger partial charge >= 0.3 is 0 Å². The lowest BCUT2D eigenvalue weighted by atomic mass is 9.97. The molecule has 0 radical (unpaired) electrons. The third-order valence-corrected chi connectivity index (χ3v) is 5.04. The van der Waals surface area contributed by atoms with Crippen LogP contribution in [0.1, 0.15) is 35.7 Å². The van der Waals surface area contributed by atoms with Crippen LogP contribution in [0.25, 0.3) is 22.2 Å². The molecule has 4 aromatic rings. The van der Waals surface area contributed by atoms with E-state index in [1.807, 2.05) is 29.6 Å². The van der Waals surface area contributed by atoms with Crippen LogP contribution in [0.3, 0.4) is 0 Å². The van der Waals surface area contributed by atoms with E-state index >= 15 is 0 Å². The quantitative estimate of drug-likeness (QED) is 0.538. The van der Waals surface area contributed by atoms with Crippen molar-refractivity contribution in [2.24, 2.45) is 0 Å². The number of carbonyl (C=O) groups excluding carboxylic acids is 1. The molecule has 5 nitrogen and oxygen atoms in total. The van der Waals surface area contributed by atoms with Crippen LogP contribution in [-0.2, 0) is 0 Å². The number of nitrogens with zero attached hydrogens (tertiary/aromatic N) is 3. The lowest BCUT2D eigenvalue weighted by Crippen LogP contribution is -2.13. The van der Waals surface area contributed by atoms with E-state index < -0.39 is 0 Å². The van der Waals surface area contributed by atoms with Gasteiger partial charge in [-0.15, -0.1) is 11.3 Å². The Bertz CT molecular complexity index is 1090. The van der Waals surface area contributed by atoms with Gasteiger partial charge in [-0.3, -0.25) is 15.1 Å². The normalized spacial score (nSPS) is 11.1. The predicted molar refractivity (Wildman–Crippen MR) is 109 cm³/mol. The molecular weight excluding hydrogens is 356 g/mol. The summed E-state index contributed by atoms with van der Waals surface area (Å²) in [5.74, 6) is 0.172. The zero-order valence-electron chi connectivity index (χ0n) is 15.0. The molecule has 0 fully saturated rings. The monoisotopic (exact) mass is 374 g/mol. The van der Waals surface area contributed by atoms with Gasteiger partial charge in [-0.25, -0.2) is 9.97 Å². The van der Waals surface area contributed by atoms with Gasteiger partial charge in [0.1, 0.15) is 0 Å². The van der Waals surface area contributed by atoms with Crippen LogP contribution in [0, 0.1) is 0 Å². The summed E-state index contributed by atoms with van der Waals surface area (Å²) in [6.45, 7) is 4.27. The summed E-state index contributed by atoms with van der Waals surface area (Å²) in [7, 11) is 0. The molecule has 0 atom stereocenters. The maximum Gasteiger partial charge on any atom is 0.258 e. The molecule has 0 saturated heterocycles. The number of pyridine rings is 2. The van der Waals surface area contributed by atoms with Crippen molar-refractivity contribution >= 4 is 33.3 Å². The number of anilines is 1. The Morgan fingerprint density at radius 2 is 2.04 bits per heavy atom. The second-order valence-electron chi connectivity index (χ2n) is 6.52. The SMILES string of the molecule is CC(C)c1ccc2nc(-c3cccnc3)cc(C(=O)Nc3nccs3)c2c1. The molecule has 0 bridgehead atoms. The summed E-state index contributed by atoms with van der Waals surface area (Å²) in [5.41, 5.74) is 4.12. The fourth-order valence-corrected chi connectivity index (χ4v) is 3.43. The number of fused-ring (bicyclic) bond motifs is 1. The van der Waals surface area contributed by atoms with Gasteiger partial charge in [0.2, 0.25) is 0 Å². The van der Waals surface area contributed by atoms with E-state index in [0.29, 0.717) is 16.6 Å². The molecule has 4 rings (SSSR count). The molecule has 134 valence electrons. The highest BCUT2D eigenvalue weighted by molar-refractivity contribution is 7.13. The second-order valence-corrected chi connectivity index (χ2v) is 7.41. The fraction of sp³-hybridized carbons (Fsp3) is 0.143. The van der Waals surface area contributed by atoms with E-state index in [4.69, 9.17) is 4.98 Å². The van der Waals surface area contributed by atoms with Gasteiger partial charge in [-0.1, -0.05) is 19.9 Å². The summed E-state index contributed by atoms with van der Waals surface area (Å²) in [5, 5.41) is 6.13. The van der Waals surface area contributed by atoms with Crippen molar-refractivity contribution in [2.45, 2.75) is 19.8 Å².